The molecule has 2 rings (SSSR count). The number of nitrogens with one attached hydrogen (secondary N) is 1. The third-order valence-corrected chi connectivity index (χ3v) is 5.16. The van der Waals surface area contributed by atoms with Gasteiger partial charge in [0.05, 0.1) is 0 Å². The lowest BCUT2D eigenvalue weighted by molar-refractivity contribution is 0.197. The normalized spacial score (nSPS) is 12.4. The van der Waals surface area contributed by atoms with E-state index in [1.807, 2.05) is 39.3 Å². The molecule has 0 bridgehead atoms. The number of amides is 2. The molecule has 0 saturated heterocycles. The average Bonchev–Trinajstić information content (AvgIpc) is 2.62. The predicted molar refractivity (Wildman–Crippen MR) is 110 cm³/mol. The first kappa shape index (κ1) is 19.8. The number of nitrogens with zero attached hydrogens (tertiary/aromatic N) is 2. The lowest BCUT2D eigenvalue weighted by atomic mass is 9.78. The Morgan fingerprint density at radius 2 is 1.58 bits per heavy atom. The lowest BCUT2D eigenvalue weighted by Gasteiger charge is -2.34. The number of carbonyl (C=O) groups is 1. The number of anilines is 1. The minimum absolute atomic E-state index is 0.0102. The molecule has 1 unspecified atom stereocenters. The molecular formula is C22H31N3O. The minimum atomic E-state index is -0.148. The molecule has 0 radical (unpaired) electrons. The number of carbonyl (C=O) groups excluding carboxylic acids is 1. The topological polar surface area (TPSA) is 35.6 Å². The molecule has 0 aromatic heterocycles. The van der Waals surface area contributed by atoms with Crippen molar-refractivity contribution in [1.29, 1.82) is 0 Å². The summed E-state index contributed by atoms with van der Waals surface area (Å²) < 4.78 is 0. The van der Waals surface area contributed by atoms with Crippen LogP contribution in [-0.2, 0) is 12.0 Å². The summed E-state index contributed by atoms with van der Waals surface area (Å²) in [5.41, 5.74) is 3.34. The van der Waals surface area contributed by atoms with Gasteiger partial charge in [0, 0.05) is 44.8 Å². The fourth-order valence-corrected chi connectivity index (χ4v) is 2.84. The SMILES string of the molecule is CC(NC(=O)N(C)Cc1ccc(N(C)C)cc1)C(C)(C)c1ccccc1. The van der Waals surface area contributed by atoms with Crippen molar-refractivity contribution in [2.75, 3.05) is 26.0 Å². The molecule has 0 fully saturated rings. The highest BCUT2D eigenvalue weighted by molar-refractivity contribution is 5.74. The van der Waals surface area contributed by atoms with E-state index < -0.39 is 0 Å². The van der Waals surface area contributed by atoms with E-state index in [-0.39, 0.29) is 17.5 Å². The Labute approximate surface area is 157 Å². The summed E-state index contributed by atoms with van der Waals surface area (Å²) in [6.07, 6.45) is 0. The summed E-state index contributed by atoms with van der Waals surface area (Å²) in [7, 11) is 5.87. The third-order valence-electron chi connectivity index (χ3n) is 5.16. The van der Waals surface area contributed by atoms with Crippen molar-refractivity contribution < 1.29 is 4.79 Å². The summed E-state index contributed by atoms with van der Waals surface area (Å²) in [4.78, 5) is 16.4. The van der Waals surface area contributed by atoms with Gasteiger partial charge in [-0.15, -0.1) is 0 Å². The van der Waals surface area contributed by atoms with E-state index in [4.69, 9.17) is 0 Å². The Bertz CT molecular complexity index is 708. The zero-order chi connectivity index (χ0) is 19.3. The molecule has 4 heteroatoms. The highest BCUT2D eigenvalue weighted by Gasteiger charge is 2.29. The van der Waals surface area contributed by atoms with Crippen molar-refractivity contribution in [1.82, 2.24) is 10.2 Å². The molecule has 0 saturated carbocycles. The van der Waals surface area contributed by atoms with Crippen LogP contribution < -0.4 is 10.2 Å². The molecule has 26 heavy (non-hydrogen) atoms. The number of hydrogen-bond acceptors (Lipinski definition) is 2. The van der Waals surface area contributed by atoms with E-state index in [0.29, 0.717) is 6.54 Å². The first-order valence-corrected chi connectivity index (χ1v) is 9.05. The van der Waals surface area contributed by atoms with Gasteiger partial charge in [0.25, 0.3) is 0 Å². The molecule has 0 aliphatic carbocycles. The minimum Gasteiger partial charge on any atom is -0.378 e. The number of urea groups is 1. The van der Waals surface area contributed by atoms with Crippen LogP contribution in [0, 0.1) is 0 Å². The second kappa shape index (κ2) is 8.26. The van der Waals surface area contributed by atoms with Gasteiger partial charge in [-0.2, -0.15) is 0 Å². The average molecular weight is 354 g/mol. The van der Waals surface area contributed by atoms with Gasteiger partial charge in [-0.3, -0.25) is 0 Å². The maximum absolute atomic E-state index is 12.6. The summed E-state index contributed by atoms with van der Waals surface area (Å²) in [6, 6.07) is 18.5. The number of rotatable bonds is 6. The van der Waals surface area contributed by atoms with Gasteiger partial charge >= 0.3 is 6.03 Å². The van der Waals surface area contributed by atoms with Crippen LogP contribution in [0.25, 0.3) is 0 Å². The zero-order valence-corrected chi connectivity index (χ0v) is 16.8. The first-order valence-electron chi connectivity index (χ1n) is 9.05. The quantitative estimate of drug-likeness (QED) is 0.842. The van der Waals surface area contributed by atoms with E-state index >= 15 is 0 Å². The van der Waals surface area contributed by atoms with Crippen LogP contribution in [0.15, 0.2) is 54.6 Å². The van der Waals surface area contributed by atoms with Gasteiger partial charge < -0.3 is 15.1 Å². The lowest BCUT2D eigenvalue weighted by Crippen LogP contribution is -2.49. The van der Waals surface area contributed by atoms with Crippen LogP contribution in [0.1, 0.15) is 31.9 Å². The van der Waals surface area contributed by atoms with E-state index in [1.54, 1.807) is 4.90 Å². The first-order chi connectivity index (χ1) is 12.2. The maximum Gasteiger partial charge on any atom is 0.317 e. The molecular weight excluding hydrogens is 322 g/mol. The van der Waals surface area contributed by atoms with E-state index in [1.165, 1.54) is 5.56 Å². The molecule has 2 aromatic carbocycles. The molecule has 2 aromatic rings. The number of hydrogen-bond donors (Lipinski definition) is 1. The van der Waals surface area contributed by atoms with Crippen molar-refractivity contribution in [3.05, 3.63) is 65.7 Å². The molecule has 0 spiro atoms. The van der Waals surface area contributed by atoms with Crippen molar-refractivity contribution in [2.45, 2.75) is 38.8 Å². The van der Waals surface area contributed by atoms with Crippen LogP contribution in [0.5, 0.6) is 0 Å². The number of benzene rings is 2. The third kappa shape index (κ3) is 4.78. The smallest absolute Gasteiger partial charge is 0.317 e. The monoisotopic (exact) mass is 353 g/mol. The Morgan fingerprint density at radius 3 is 2.12 bits per heavy atom. The molecule has 0 heterocycles. The summed E-state index contributed by atoms with van der Waals surface area (Å²) >= 11 is 0. The van der Waals surface area contributed by atoms with Crippen LogP contribution in [0.2, 0.25) is 0 Å². The molecule has 0 aliphatic heterocycles. The second-order valence-electron chi connectivity index (χ2n) is 7.68. The van der Waals surface area contributed by atoms with Crippen LogP contribution in [0.3, 0.4) is 0 Å². The van der Waals surface area contributed by atoms with Gasteiger partial charge in [-0.25, -0.2) is 4.79 Å². The predicted octanol–water partition coefficient (Wildman–Crippen LogP) is 4.26. The van der Waals surface area contributed by atoms with Gasteiger partial charge in [0.2, 0.25) is 0 Å². The highest BCUT2D eigenvalue weighted by atomic mass is 16.2. The molecule has 2 amide bonds. The fraction of sp³-hybridized carbons (Fsp3) is 0.409. The molecule has 4 nitrogen and oxygen atoms in total. The van der Waals surface area contributed by atoms with Gasteiger partial charge in [0.15, 0.2) is 0 Å². The second-order valence-corrected chi connectivity index (χ2v) is 7.68. The molecule has 1 N–H and O–H groups in total. The van der Waals surface area contributed by atoms with Crippen molar-refractivity contribution in [3.63, 3.8) is 0 Å². The molecule has 140 valence electrons. The van der Waals surface area contributed by atoms with Gasteiger partial charge in [-0.1, -0.05) is 56.3 Å². The highest BCUT2D eigenvalue weighted by Crippen LogP contribution is 2.27. The summed E-state index contributed by atoms with van der Waals surface area (Å²) in [5, 5.41) is 3.15. The standard InChI is InChI=1S/C22H31N3O/c1-17(22(2,3)19-10-8-7-9-11-19)23-21(26)25(6)16-18-12-14-20(15-13-18)24(4)5/h7-15,17H,16H2,1-6H3,(H,23,26). The van der Waals surface area contributed by atoms with Crippen LogP contribution >= 0.6 is 0 Å². The van der Waals surface area contributed by atoms with Gasteiger partial charge in [0.1, 0.15) is 0 Å². The van der Waals surface area contributed by atoms with Crippen molar-refractivity contribution in [3.8, 4) is 0 Å². The van der Waals surface area contributed by atoms with Crippen LogP contribution in [0.4, 0.5) is 10.5 Å². The maximum atomic E-state index is 12.6. The summed E-state index contributed by atoms with van der Waals surface area (Å²) in [6.45, 7) is 6.96. The fourth-order valence-electron chi connectivity index (χ4n) is 2.84. The van der Waals surface area contributed by atoms with E-state index in [0.717, 1.165) is 11.3 Å². The van der Waals surface area contributed by atoms with Gasteiger partial charge in [-0.05, 0) is 30.2 Å². The van der Waals surface area contributed by atoms with E-state index in [2.05, 4.69) is 67.4 Å². The van der Waals surface area contributed by atoms with Crippen molar-refractivity contribution in [2.24, 2.45) is 0 Å². The largest absolute Gasteiger partial charge is 0.378 e. The summed E-state index contributed by atoms with van der Waals surface area (Å²) in [5.74, 6) is 0. The molecule has 0 aliphatic rings. The Balaban J connectivity index is 1.97. The van der Waals surface area contributed by atoms with E-state index in [9.17, 15) is 4.79 Å². The van der Waals surface area contributed by atoms with Crippen LogP contribution in [-0.4, -0.2) is 38.1 Å². The Kier molecular flexibility index (Phi) is 6.30. The van der Waals surface area contributed by atoms with Crippen molar-refractivity contribution >= 4 is 11.7 Å². The Hall–Kier alpha value is -2.49. The Morgan fingerprint density at radius 1 is 1.00 bits per heavy atom. The molecule has 1 atom stereocenters. The zero-order valence-electron chi connectivity index (χ0n) is 16.8.